The van der Waals surface area contributed by atoms with Crippen molar-refractivity contribution in [1.82, 2.24) is 0 Å². The van der Waals surface area contributed by atoms with Crippen molar-refractivity contribution in [3.63, 3.8) is 0 Å². The van der Waals surface area contributed by atoms with Crippen LogP contribution in [-0.4, -0.2) is 13.2 Å². The summed E-state index contributed by atoms with van der Waals surface area (Å²) in [6, 6.07) is 0. The SMILES string of the molecule is CCCCCCCCO[P+](=O)[O-].CCCCCCCCO[P+](=O)[O-].[Na+].[Na+]. The number of unbranched alkanes of at least 4 members (excludes halogenated alkanes) is 10. The molecule has 0 aliphatic rings. The van der Waals surface area contributed by atoms with Gasteiger partial charge < -0.3 is 9.79 Å². The Morgan fingerprint density at radius 3 is 1.12 bits per heavy atom. The monoisotopic (exact) mass is 430 g/mol. The van der Waals surface area contributed by atoms with Crippen LogP contribution in [0.15, 0.2) is 0 Å². The average molecular weight is 430 g/mol. The first-order valence-corrected chi connectivity index (χ1v) is 11.3. The maximum atomic E-state index is 9.95. The molecule has 26 heavy (non-hydrogen) atoms. The smallest absolute Gasteiger partial charge is 0.566 e. The summed E-state index contributed by atoms with van der Waals surface area (Å²) in [5.74, 6) is 0. The van der Waals surface area contributed by atoms with Crippen LogP contribution in [0.2, 0.25) is 0 Å². The second-order valence-electron chi connectivity index (χ2n) is 5.65. The molecule has 0 saturated heterocycles. The minimum absolute atomic E-state index is 0. The molecule has 10 heteroatoms. The summed E-state index contributed by atoms with van der Waals surface area (Å²) in [4.78, 5) is 19.9. The van der Waals surface area contributed by atoms with Gasteiger partial charge in [0.05, 0.1) is 0 Å². The van der Waals surface area contributed by atoms with Gasteiger partial charge in [0.1, 0.15) is 13.2 Å². The van der Waals surface area contributed by atoms with E-state index >= 15 is 0 Å². The molecule has 0 N–H and O–H groups in total. The van der Waals surface area contributed by atoms with Crippen LogP contribution in [-0.2, 0) is 18.2 Å². The average Bonchev–Trinajstić information content (AvgIpc) is 2.53. The standard InChI is InChI=1S/2C8H17O3P.2Na/c2*1-2-3-4-5-6-7-8-11-12(9)10;;/h2*2-8H2,1H3;;/q;;2*+1. The van der Waals surface area contributed by atoms with Gasteiger partial charge >= 0.3 is 75.6 Å². The van der Waals surface area contributed by atoms with Gasteiger partial charge in [-0.15, -0.1) is 9.05 Å². The van der Waals surface area contributed by atoms with Crippen LogP contribution in [0.1, 0.15) is 90.9 Å². The van der Waals surface area contributed by atoms with E-state index in [2.05, 4.69) is 22.9 Å². The normalized spacial score (nSPS) is 10.8. The largest absolute Gasteiger partial charge is 1.00 e. The Labute approximate surface area is 206 Å². The molecule has 0 heterocycles. The summed E-state index contributed by atoms with van der Waals surface area (Å²) < 4.78 is 28.7. The van der Waals surface area contributed by atoms with Crippen molar-refractivity contribution in [1.29, 1.82) is 0 Å². The summed E-state index contributed by atoms with van der Waals surface area (Å²) in [6.45, 7) is 5.05. The quantitative estimate of drug-likeness (QED) is 0.173. The van der Waals surface area contributed by atoms with Crippen molar-refractivity contribution in [2.45, 2.75) is 90.9 Å². The predicted octanol–water partition coefficient (Wildman–Crippen LogP) is -1.23. The molecule has 0 rings (SSSR count). The van der Waals surface area contributed by atoms with Crippen molar-refractivity contribution in [3.8, 4) is 0 Å². The molecule has 0 radical (unpaired) electrons. The predicted molar refractivity (Wildman–Crippen MR) is 93.9 cm³/mol. The molecule has 0 aromatic carbocycles. The molecule has 0 aliphatic carbocycles. The fourth-order valence-electron chi connectivity index (χ4n) is 2.04. The van der Waals surface area contributed by atoms with Crippen molar-refractivity contribution < 1.29 is 87.1 Å². The summed E-state index contributed by atoms with van der Waals surface area (Å²) in [5, 5.41) is 0. The van der Waals surface area contributed by atoms with Gasteiger partial charge in [0.15, 0.2) is 0 Å². The zero-order chi connectivity index (χ0) is 18.5. The number of hydrogen-bond donors (Lipinski definition) is 0. The first-order valence-electron chi connectivity index (χ1n) is 9.09. The van der Waals surface area contributed by atoms with Crippen molar-refractivity contribution >= 4 is 16.5 Å². The molecular formula is C16H34Na2O6P2+2. The molecule has 2 unspecified atom stereocenters. The maximum absolute atomic E-state index is 9.95. The fraction of sp³-hybridized carbons (Fsp3) is 1.00. The third-order valence-electron chi connectivity index (χ3n) is 3.39. The minimum Gasteiger partial charge on any atom is -0.566 e. The van der Waals surface area contributed by atoms with Crippen LogP contribution >= 0.6 is 16.5 Å². The first-order chi connectivity index (χ1) is 11.5. The molecule has 0 spiro atoms. The van der Waals surface area contributed by atoms with Gasteiger partial charge in [0, 0.05) is 0 Å². The van der Waals surface area contributed by atoms with Gasteiger partial charge in [-0.05, 0) is 22.0 Å². The van der Waals surface area contributed by atoms with E-state index in [9.17, 15) is 18.9 Å². The Balaban J connectivity index is -0.000000173. The van der Waals surface area contributed by atoms with E-state index in [1.54, 1.807) is 0 Å². The van der Waals surface area contributed by atoms with Gasteiger partial charge in [-0.2, -0.15) is 0 Å². The minimum atomic E-state index is -2.63. The molecule has 0 bridgehead atoms. The maximum Gasteiger partial charge on any atom is 1.00 e. The second-order valence-corrected chi connectivity index (χ2v) is 7.06. The van der Waals surface area contributed by atoms with Gasteiger partial charge in [-0.3, -0.25) is 0 Å². The Hall–Kier alpha value is 2.04. The molecule has 144 valence electrons. The molecule has 0 saturated carbocycles. The van der Waals surface area contributed by atoms with Crippen LogP contribution < -0.4 is 68.9 Å². The van der Waals surface area contributed by atoms with Crippen molar-refractivity contribution in [2.24, 2.45) is 0 Å². The summed E-state index contributed by atoms with van der Waals surface area (Å²) in [6.07, 6.45) is 13.8. The Morgan fingerprint density at radius 2 is 0.846 bits per heavy atom. The summed E-state index contributed by atoms with van der Waals surface area (Å²) >= 11 is 0. The van der Waals surface area contributed by atoms with Gasteiger partial charge in [0.25, 0.3) is 0 Å². The first kappa shape index (κ1) is 35.5. The van der Waals surface area contributed by atoms with E-state index in [1.807, 2.05) is 0 Å². The molecule has 0 amide bonds. The van der Waals surface area contributed by atoms with Crippen LogP contribution in [0.25, 0.3) is 0 Å². The zero-order valence-corrected chi connectivity index (χ0v) is 23.0. The van der Waals surface area contributed by atoms with E-state index in [1.165, 1.54) is 51.4 Å². The molecular weight excluding hydrogens is 396 g/mol. The van der Waals surface area contributed by atoms with E-state index in [-0.39, 0.29) is 59.1 Å². The topological polar surface area (TPSA) is 98.7 Å². The summed E-state index contributed by atoms with van der Waals surface area (Å²) in [7, 11) is -5.26. The van der Waals surface area contributed by atoms with Crippen molar-refractivity contribution in [3.05, 3.63) is 0 Å². The van der Waals surface area contributed by atoms with E-state index in [0.717, 1.165) is 25.7 Å². The van der Waals surface area contributed by atoms with E-state index in [0.29, 0.717) is 13.2 Å². The van der Waals surface area contributed by atoms with Gasteiger partial charge in [-0.25, -0.2) is 0 Å². The molecule has 6 nitrogen and oxygen atoms in total. The Kier molecular flexibility index (Phi) is 43.3. The molecule has 2 atom stereocenters. The van der Waals surface area contributed by atoms with Crippen molar-refractivity contribution in [2.75, 3.05) is 13.2 Å². The molecule has 0 aromatic rings. The van der Waals surface area contributed by atoms with Crippen LogP contribution in [0.4, 0.5) is 0 Å². The van der Waals surface area contributed by atoms with Crippen LogP contribution in [0.5, 0.6) is 0 Å². The third kappa shape index (κ3) is 40.7. The Morgan fingerprint density at radius 1 is 0.577 bits per heavy atom. The fourth-order valence-corrected chi connectivity index (χ4v) is 2.60. The van der Waals surface area contributed by atoms with Gasteiger partial charge in [0.2, 0.25) is 0 Å². The number of rotatable bonds is 16. The van der Waals surface area contributed by atoms with Crippen LogP contribution in [0, 0.1) is 0 Å². The molecule has 0 aromatic heterocycles. The van der Waals surface area contributed by atoms with E-state index < -0.39 is 16.5 Å². The zero-order valence-electron chi connectivity index (χ0n) is 17.2. The second kappa shape index (κ2) is 31.7. The van der Waals surface area contributed by atoms with Gasteiger partial charge in [-0.1, -0.05) is 78.1 Å². The van der Waals surface area contributed by atoms with Crippen LogP contribution in [0.3, 0.4) is 0 Å². The summed E-state index contributed by atoms with van der Waals surface area (Å²) in [5.41, 5.74) is 0. The third-order valence-corrected chi connectivity index (χ3v) is 4.18. The van der Waals surface area contributed by atoms with E-state index in [4.69, 9.17) is 0 Å². The molecule has 0 fully saturated rings. The number of hydrogen-bond acceptors (Lipinski definition) is 6. The molecule has 0 aliphatic heterocycles. The Bertz CT molecular complexity index is 272.